The lowest BCUT2D eigenvalue weighted by atomic mass is 10.4. The van der Waals surface area contributed by atoms with E-state index in [-0.39, 0.29) is 5.25 Å². The molecule has 0 aromatic heterocycles. The van der Waals surface area contributed by atoms with Crippen molar-refractivity contribution in [3.05, 3.63) is 0 Å². The molecule has 0 radical (unpaired) electrons. The van der Waals surface area contributed by atoms with Gasteiger partial charge in [0, 0.05) is 33.3 Å². The molecule has 0 amide bonds. The highest BCUT2D eigenvalue weighted by molar-refractivity contribution is 7.89. The zero-order valence-electron chi connectivity index (χ0n) is 8.69. The minimum Gasteiger partial charge on any atom is -0.383 e. The van der Waals surface area contributed by atoms with Crippen LogP contribution < -0.4 is 5.32 Å². The van der Waals surface area contributed by atoms with Gasteiger partial charge in [0.25, 0.3) is 0 Å². The van der Waals surface area contributed by atoms with E-state index in [2.05, 4.69) is 5.32 Å². The molecular formula is C8H18N2O3S. The lowest BCUT2D eigenvalue weighted by Gasteiger charge is -2.21. The van der Waals surface area contributed by atoms with Crippen molar-refractivity contribution in [3.63, 3.8) is 0 Å². The first kappa shape index (κ1) is 11.9. The second-order valence-corrected chi connectivity index (χ2v) is 5.80. The van der Waals surface area contributed by atoms with Crippen LogP contribution >= 0.6 is 0 Å². The van der Waals surface area contributed by atoms with Gasteiger partial charge in [0.05, 0.1) is 11.9 Å². The molecule has 0 aromatic rings. The molecule has 0 spiro atoms. The van der Waals surface area contributed by atoms with Crippen LogP contribution in [0, 0.1) is 0 Å². The van der Waals surface area contributed by atoms with Gasteiger partial charge >= 0.3 is 0 Å². The zero-order chi connectivity index (χ0) is 10.6. The van der Waals surface area contributed by atoms with Gasteiger partial charge in [-0.15, -0.1) is 0 Å². The van der Waals surface area contributed by atoms with Crippen LogP contribution in [0.4, 0.5) is 0 Å². The summed E-state index contributed by atoms with van der Waals surface area (Å²) in [4.78, 5) is 0. The first-order chi connectivity index (χ1) is 6.59. The van der Waals surface area contributed by atoms with Crippen LogP contribution in [0.15, 0.2) is 0 Å². The second kappa shape index (κ2) is 5.06. The van der Waals surface area contributed by atoms with Crippen LogP contribution in [0.3, 0.4) is 0 Å². The Hall–Kier alpha value is -0.170. The molecule has 84 valence electrons. The number of hydrogen-bond donors (Lipinski definition) is 1. The number of rotatable bonds is 3. The number of nitrogens with zero attached hydrogens (tertiary/aromatic N) is 1. The Morgan fingerprint density at radius 2 is 2.29 bits per heavy atom. The Morgan fingerprint density at radius 3 is 2.93 bits per heavy atom. The quantitative estimate of drug-likeness (QED) is 0.683. The molecule has 1 fully saturated rings. The van der Waals surface area contributed by atoms with Gasteiger partial charge in [-0.3, -0.25) is 0 Å². The van der Waals surface area contributed by atoms with E-state index in [1.54, 1.807) is 14.0 Å². The largest absolute Gasteiger partial charge is 0.383 e. The van der Waals surface area contributed by atoms with Crippen molar-refractivity contribution in [2.45, 2.75) is 12.2 Å². The smallest absolute Gasteiger partial charge is 0.218 e. The van der Waals surface area contributed by atoms with Crippen molar-refractivity contribution >= 4 is 10.0 Å². The van der Waals surface area contributed by atoms with Gasteiger partial charge in [0.2, 0.25) is 10.0 Å². The highest BCUT2D eigenvalue weighted by Crippen LogP contribution is 2.10. The van der Waals surface area contributed by atoms with Crippen molar-refractivity contribution in [2.24, 2.45) is 0 Å². The fourth-order valence-corrected chi connectivity index (χ4v) is 2.94. The molecule has 1 unspecified atom stereocenters. The Labute approximate surface area is 85.5 Å². The summed E-state index contributed by atoms with van der Waals surface area (Å²) in [6, 6.07) is 0. The maximum atomic E-state index is 11.9. The molecule has 6 heteroatoms. The van der Waals surface area contributed by atoms with Crippen LogP contribution in [0.2, 0.25) is 0 Å². The summed E-state index contributed by atoms with van der Waals surface area (Å²) in [5.74, 6) is 0. The van der Waals surface area contributed by atoms with Gasteiger partial charge in [-0.1, -0.05) is 0 Å². The van der Waals surface area contributed by atoms with Crippen LogP contribution in [0.5, 0.6) is 0 Å². The number of ether oxygens (including phenoxy) is 1. The SMILES string of the molecule is COCCN1CCNCC(C)S1(=O)=O. The summed E-state index contributed by atoms with van der Waals surface area (Å²) in [6.45, 7) is 4.42. The Balaban J connectivity index is 2.69. The molecule has 5 nitrogen and oxygen atoms in total. The Bertz CT molecular complexity index is 266. The lowest BCUT2D eigenvalue weighted by molar-refractivity contribution is 0.179. The van der Waals surface area contributed by atoms with Crippen LogP contribution in [0.25, 0.3) is 0 Å². The standard InChI is InChI=1S/C8H18N2O3S/c1-8-7-9-3-4-10(5-6-13-2)14(8,11)12/h8-9H,3-7H2,1-2H3. The van der Waals surface area contributed by atoms with Crippen molar-refractivity contribution in [2.75, 3.05) is 39.9 Å². The zero-order valence-corrected chi connectivity index (χ0v) is 9.51. The molecule has 1 N–H and O–H groups in total. The molecule has 1 saturated heterocycles. The second-order valence-electron chi connectivity index (χ2n) is 3.45. The van der Waals surface area contributed by atoms with Gasteiger partial charge in [0.15, 0.2) is 0 Å². The van der Waals surface area contributed by atoms with Crippen molar-refractivity contribution < 1.29 is 13.2 Å². The number of methoxy groups -OCH3 is 1. The number of sulfonamides is 1. The molecule has 14 heavy (non-hydrogen) atoms. The van der Waals surface area contributed by atoms with E-state index in [9.17, 15) is 8.42 Å². The van der Waals surface area contributed by atoms with E-state index in [4.69, 9.17) is 4.74 Å². The third kappa shape index (κ3) is 2.66. The van der Waals surface area contributed by atoms with E-state index in [1.807, 2.05) is 0 Å². The van der Waals surface area contributed by atoms with Crippen LogP contribution in [0.1, 0.15) is 6.92 Å². The summed E-state index contributed by atoms with van der Waals surface area (Å²) in [6.07, 6.45) is 0. The van der Waals surface area contributed by atoms with Crippen molar-refractivity contribution in [3.8, 4) is 0 Å². The maximum Gasteiger partial charge on any atom is 0.218 e. The van der Waals surface area contributed by atoms with E-state index < -0.39 is 10.0 Å². The molecule has 1 heterocycles. The number of hydrogen-bond acceptors (Lipinski definition) is 4. The highest BCUT2D eigenvalue weighted by Gasteiger charge is 2.30. The lowest BCUT2D eigenvalue weighted by Crippen LogP contribution is -2.39. The molecular weight excluding hydrogens is 204 g/mol. The topological polar surface area (TPSA) is 58.6 Å². The fourth-order valence-electron chi connectivity index (χ4n) is 1.43. The van der Waals surface area contributed by atoms with E-state index >= 15 is 0 Å². The molecule has 0 aliphatic carbocycles. The van der Waals surface area contributed by atoms with E-state index in [0.29, 0.717) is 32.8 Å². The molecule has 0 saturated carbocycles. The van der Waals surface area contributed by atoms with Crippen LogP contribution in [-0.4, -0.2) is 57.9 Å². The average Bonchev–Trinajstić information content (AvgIpc) is 2.26. The van der Waals surface area contributed by atoms with Gasteiger partial charge in [-0.2, -0.15) is 4.31 Å². The van der Waals surface area contributed by atoms with Gasteiger partial charge in [-0.05, 0) is 6.92 Å². The summed E-state index contributed by atoms with van der Waals surface area (Å²) < 4.78 is 30.1. The molecule has 1 atom stereocenters. The normalized spacial score (nSPS) is 28.6. The van der Waals surface area contributed by atoms with Gasteiger partial charge in [-0.25, -0.2) is 8.42 Å². The molecule has 0 bridgehead atoms. The van der Waals surface area contributed by atoms with Crippen molar-refractivity contribution in [1.29, 1.82) is 0 Å². The predicted octanol–water partition coefficient (Wildman–Crippen LogP) is -0.744. The first-order valence-corrected chi connectivity index (χ1v) is 6.28. The third-order valence-electron chi connectivity index (χ3n) is 2.38. The van der Waals surface area contributed by atoms with Gasteiger partial charge < -0.3 is 10.1 Å². The minimum absolute atomic E-state index is 0.346. The monoisotopic (exact) mass is 222 g/mol. The number of nitrogens with one attached hydrogen (secondary N) is 1. The average molecular weight is 222 g/mol. The summed E-state index contributed by atoms with van der Waals surface area (Å²) in [5.41, 5.74) is 0. The fraction of sp³-hybridized carbons (Fsp3) is 1.00. The van der Waals surface area contributed by atoms with E-state index in [0.717, 1.165) is 0 Å². The Morgan fingerprint density at radius 1 is 1.57 bits per heavy atom. The highest BCUT2D eigenvalue weighted by atomic mass is 32.2. The summed E-state index contributed by atoms with van der Waals surface area (Å²) in [5, 5.41) is 2.75. The maximum absolute atomic E-state index is 11.9. The molecule has 1 aliphatic heterocycles. The Kier molecular flexibility index (Phi) is 4.31. The first-order valence-electron chi connectivity index (χ1n) is 4.77. The molecule has 0 aromatic carbocycles. The molecule has 1 aliphatic rings. The summed E-state index contributed by atoms with van der Waals surface area (Å²) >= 11 is 0. The van der Waals surface area contributed by atoms with E-state index in [1.165, 1.54) is 4.31 Å². The van der Waals surface area contributed by atoms with Gasteiger partial charge in [0.1, 0.15) is 0 Å². The minimum atomic E-state index is -3.12. The third-order valence-corrected chi connectivity index (χ3v) is 4.65. The predicted molar refractivity (Wildman–Crippen MR) is 54.7 cm³/mol. The van der Waals surface area contributed by atoms with Crippen molar-refractivity contribution in [1.82, 2.24) is 9.62 Å². The van der Waals surface area contributed by atoms with Crippen LogP contribution in [-0.2, 0) is 14.8 Å². The summed E-state index contributed by atoms with van der Waals surface area (Å²) in [7, 11) is -1.54. The molecule has 1 rings (SSSR count).